The first-order chi connectivity index (χ1) is 5.84. The van der Waals surface area contributed by atoms with Gasteiger partial charge in [0.05, 0.1) is 18.9 Å². The van der Waals surface area contributed by atoms with Gasteiger partial charge < -0.3 is 9.73 Å². The molecule has 1 aliphatic carbocycles. The normalized spacial score (nSPS) is 16.0. The summed E-state index contributed by atoms with van der Waals surface area (Å²) in [4.78, 5) is 11.2. The van der Waals surface area contributed by atoms with E-state index < -0.39 is 0 Å². The van der Waals surface area contributed by atoms with Crippen molar-refractivity contribution in [1.82, 2.24) is 5.32 Å². The van der Waals surface area contributed by atoms with E-state index in [0.717, 1.165) is 18.4 Å². The topological polar surface area (TPSA) is 42.2 Å². The zero-order valence-electron chi connectivity index (χ0n) is 6.75. The van der Waals surface area contributed by atoms with Crippen LogP contribution in [-0.4, -0.2) is 11.9 Å². The van der Waals surface area contributed by atoms with Crippen molar-refractivity contribution in [3.63, 3.8) is 0 Å². The van der Waals surface area contributed by atoms with Crippen LogP contribution in [0.3, 0.4) is 0 Å². The monoisotopic (exact) mass is 165 g/mol. The molecule has 1 saturated carbocycles. The molecule has 0 aromatic carbocycles. The van der Waals surface area contributed by atoms with Crippen molar-refractivity contribution in [2.75, 3.05) is 0 Å². The molecule has 2 rings (SSSR count). The van der Waals surface area contributed by atoms with Gasteiger partial charge in [-0.15, -0.1) is 0 Å². The van der Waals surface area contributed by atoms with Gasteiger partial charge in [0.1, 0.15) is 0 Å². The maximum absolute atomic E-state index is 11.2. The fraction of sp³-hybridized carbons (Fsp3) is 0.444. The highest BCUT2D eigenvalue weighted by molar-refractivity contribution is 5.78. The van der Waals surface area contributed by atoms with E-state index in [4.69, 9.17) is 4.42 Å². The average molecular weight is 165 g/mol. The molecular weight excluding hydrogens is 154 g/mol. The number of nitrogens with one attached hydrogen (secondary N) is 1. The van der Waals surface area contributed by atoms with Crippen LogP contribution in [0.25, 0.3) is 0 Å². The Balaban J connectivity index is 1.82. The second-order valence-corrected chi connectivity index (χ2v) is 3.15. The molecule has 64 valence electrons. The molecule has 1 fully saturated rings. The molecule has 3 heteroatoms. The SMILES string of the molecule is O=C(Cc1ccoc1)NC1CC1. The first kappa shape index (κ1) is 7.40. The first-order valence-electron chi connectivity index (χ1n) is 4.15. The number of amides is 1. The Kier molecular flexibility index (Phi) is 1.86. The summed E-state index contributed by atoms with van der Waals surface area (Å²) in [5, 5.41) is 2.91. The van der Waals surface area contributed by atoms with E-state index in [9.17, 15) is 4.79 Å². The minimum absolute atomic E-state index is 0.0962. The molecule has 1 aromatic rings. The molecule has 1 aromatic heterocycles. The molecule has 1 aliphatic rings. The number of carbonyl (C=O) groups is 1. The van der Waals surface area contributed by atoms with Gasteiger partial charge in [0, 0.05) is 6.04 Å². The summed E-state index contributed by atoms with van der Waals surface area (Å²) < 4.78 is 4.86. The Labute approximate surface area is 70.8 Å². The Bertz CT molecular complexity index is 262. The lowest BCUT2D eigenvalue weighted by Gasteiger charge is -1.99. The molecular formula is C9H11NO2. The maximum atomic E-state index is 11.2. The average Bonchev–Trinajstić information content (AvgIpc) is 2.66. The van der Waals surface area contributed by atoms with Gasteiger partial charge in [0.2, 0.25) is 5.91 Å². The van der Waals surface area contributed by atoms with Crippen molar-refractivity contribution in [3.8, 4) is 0 Å². The second-order valence-electron chi connectivity index (χ2n) is 3.15. The number of rotatable bonds is 3. The molecule has 1 N–H and O–H groups in total. The van der Waals surface area contributed by atoms with Crippen molar-refractivity contribution >= 4 is 5.91 Å². The summed E-state index contributed by atoms with van der Waals surface area (Å²) in [5.74, 6) is 0.0962. The van der Waals surface area contributed by atoms with E-state index in [1.807, 2.05) is 6.07 Å². The summed E-state index contributed by atoms with van der Waals surface area (Å²) in [6.07, 6.45) is 5.90. The van der Waals surface area contributed by atoms with Gasteiger partial charge in [-0.2, -0.15) is 0 Å². The standard InChI is InChI=1S/C9H11NO2/c11-9(10-8-1-2-8)5-7-3-4-12-6-7/h3-4,6,8H,1-2,5H2,(H,10,11). The molecule has 0 spiro atoms. The van der Waals surface area contributed by atoms with Gasteiger partial charge in [0.15, 0.2) is 0 Å². The number of hydrogen-bond donors (Lipinski definition) is 1. The minimum atomic E-state index is 0.0962. The minimum Gasteiger partial charge on any atom is -0.472 e. The van der Waals surface area contributed by atoms with Crippen LogP contribution in [0, 0.1) is 0 Å². The Morgan fingerprint density at radius 1 is 1.67 bits per heavy atom. The van der Waals surface area contributed by atoms with Crippen LogP contribution < -0.4 is 5.32 Å². The smallest absolute Gasteiger partial charge is 0.224 e. The van der Waals surface area contributed by atoms with Crippen molar-refractivity contribution < 1.29 is 9.21 Å². The summed E-state index contributed by atoms with van der Waals surface area (Å²) in [6.45, 7) is 0. The summed E-state index contributed by atoms with van der Waals surface area (Å²) in [7, 11) is 0. The van der Waals surface area contributed by atoms with Crippen molar-refractivity contribution in [2.45, 2.75) is 25.3 Å². The quantitative estimate of drug-likeness (QED) is 0.728. The highest BCUT2D eigenvalue weighted by Gasteiger charge is 2.23. The first-order valence-corrected chi connectivity index (χ1v) is 4.15. The molecule has 1 amide bonds. The molecule has 0 aliphatic heterocycles. The molecule has 12 heavy (non-hydrogen) atoms. The predicted octanol–water partition coefficient (Wildman–Crippen LogP) is 1.10. The van der Waals surface area contributed by atoms with E-state index in [1.165, 1.54) is 0 Å². The lowest BCUT2D eigenvalue weighted by molar-refractivity contribution is -0.120. The predicted molar refractivity (Wildman–Crippen MR) is 43.6 cm³/mol. The van der Waals surface area contributed by atoms with Gasteiger partial charge in [0.25, 0.3) is 0 Å². The maximum Gasteiger partial charge on any atom is 0.224 e. The van der Waals surface area contributed by atoms with Crippen molar-refractivity contribution in [1.29, 1.82) is 0 Å². The highest BCUT2D eigenvalue weighted by Crippen LogP contribution is 2.18. The zero-order chi connectivity index (χ0) is 8.39. The van der Waals surface area contributed by atoms with Crippen LogP contribution >= 0.6 is 0 Å². The van der Waals surface area contributed by atoms with E-state index in [2.05, 4.69) is 5.32 Å². The molecule has 3 nitrogen and oxygen atoms in total. The van der Waals surface area contributed by atoms with Gasteiger partial charge in [-0.1, -0.05) is 0 Å². The van der Waals surface area contributed by atoms with Crippen molar-refractivity contribution in [2.24, 2.45) is 0 Å². The molecule has 0 saturated heterocycles. The van der Waals surface area contributed by atoms with E-state index in [1.54, 1.807) is 12.5 Å². The second kappa shape index (κ2) is 3.01. The van der Waals surface area contributed by atoms with Crippen LogP contribution in [0.1, 0.15) is 18.4 Å². The summed E-state index contributed by atoms with van der Waals surface area (Å²) in [6, 6.07) is 2.26. The fourth-order valence-corrected chi connectivity index (χ4v) is 1.09. The lowest BCUT2D eigenvalue weighted by Crippen LogP contribution is -2.26. The summed E-state index contributed by atoms with van der Waals surface area (Å²) in [5.41, 5.74) is 0.938. The largest absolute Gasteiger partial charge is 0.472 e. The molecule has 0 radical (unpaired) electrons. The Morgan fingerprint density at radius 3 is 3.08 bits per heavy atom. The Morgan fingerprint density at radius 2 is 2.50 bits per heavy atom. The Hall–Kier alpha value is -1.25. The highest BCUT2D eigenvalue weighted by atomic mass is 16.3. The van der Waals surface area contributed by atoms with Crippen molar-refractivity contribution in [3.05, 3.63) is 24.2 Å². The van der Waals surface area contributed by atoms with Crippen LogP contribution in [-0.2, 0) is 11.2 Å². The molecule has 0 bridgehead atoms. The van der Waals surface area contributed by atoms with Gasteiger partial charge in [-0.05, 0) is 24.5 Å². The fourth-order valence-electron chi connectivity index (χ4n) is 1.09. The van der Waals surface area contributed by atoms with Crippen LogP contribution in [0.4, 0.5) is 0 Å². The molecule has 0 unspecified atom stereocenters. The van der Waals surface area contributed by atoms with Crippen LogP contribution in [0.15, 0.2) is 23.0 Å². The number of furan rings is 1. The molecule has 0 atom stereocenters. The third-order valence-electron chi connectivity index (χ3n) is 1.89. The van der Waals surface area contributed by atoms with E-state index in [-0.39, 0.29) is 5.91 Å². The van der Waals surface area contributed by atoms with Gasteiger partial charge >= 0.3 is 0 Å². The lowest BCUT2D eigenvalue weighted by atomic mass is 10.2. The van der Waals surface area contributed by atoms with E-state index in [0.29, 0.717) is 12.5 Å². The molecule has 1 heterocycles. The number of hydrogen-bond acceptors (Lipinski definition) is 2. The van der Waals surface area contributed by atoms with Crippen LogP contribution in [0.2, 0.25) is 0 Å². The summed E-state index contributed by atoms with van der Waals surface area (Å²) >= 11 is 0. The third kappa shape index (κ3) is 1.87. The third-order valence-corrected chi connectivity index (χ3v) is 1.89. The van der Waals surface area contributed by atoms with E-state index >= 15 is 0 Å². The van der Waals surface area contributed by atoms with Gasteiger partial charge in [-0.3, -0.25) is 4.79 Å². The van der Waals surface area contributed by atoms with Crippen LogP contribution in [0.5, 0.6) is 0 Å². The van der Waals surface area contributed by atoms with Gasteiger partial charge in [-0.25, -0.2) is 0 Å². The zero-order valence-corrected chi connectivity index (χ0v) is 6.75. The number of carbonyl (C=O) groups excluding carboxylic acids is 1.